The number of hydrogen-bond acceptors (Lipinski definition) is 4. The fourth-order valence-electron chi connectivity index (χ4n) is 1.56. The van der Waals surface area contributed by atoms with Crippen LogP contribution in [0.15, 0.2) is 0 Å². The molecule has 82 valence electrons. The van der Waals surface area contributed by atoms with Gasteiger partial charge in [-0.25, -0.2) is 4.68 Å². The molecule has 0 atom stereocenters. The average molecular weight is 210 g/mol. The normalized spacial score (nSPS) is 16.1. The highest BCUT2D eigenvalue weighted by molar-refractivity contribution is 5.96. The third-order valence-electron chi connectivity index (χ3n) is 2.44. The van der Waals surface area contributed by atoms with Gasteiger partial charge in [0, 0.05) is 20.1 Å². The summed E-state index contributed by atoms with van der Waals surface area (Å²) in [5.74, 6) is -0.0330. The van der Waals surface area contributed by atoms with Crippen molar-refractivity contribution in [3.05, 3.63) is 11.3 Å². The molecule has 0 bridgehead atoms. The van der Waals surface area contributed by atoms with E-state index in [9.17, 15) is 4.79 Å². The van der Waals surface area contributed by atoms with Crippen molar-refractivity contribution >= 4 is 5.91 Å². The predicted molar refractivity (Wildman–Crippen MR) is 53.7 cm³/mol. The van der Waals surface area contributed by atoms with Crippen LogP contribution >= 0.6 is 0 Å². The number of amides is 1. The molecule has 6 heteroatoms. The zero-order chi connectivity index (χ0) is 11.0. The number of nitrogens with two attached hydrogens (primary N) is 1. The predicted octanol–water partition coefficient (Wildman–Crippen LogP) is -0.822. The van der Waals surface area contributed by atoms with Crippen LogP contribution in [0, 0.1) is 6.92 Å². The Bertz CT molecular complexity index is 395. The molecule has 0 aromatic carbocycles. The molecule has 1 aromatic rings. The van der Waals surface area contributed by atoms with Crippen molar-refractivity contribution in [3.8, 4) is 5.88 Å². The van der Waals surface area contributed by atoms with E-state index in [1.165, 1.54) is 0 Å². The summed E-state index contributed by atoms with van der Waals surface area (Å²) in [6.07, 6.45) is 0.109. The molecule has 2 heterocycles. The van der Waals surface area contributed by atoms with Gasteiger partial charge in [-0.05, 0) is 6.92 Å². The van der Waals surface area contributed by atoms with Gasteiger partial charge in [-0.1, -0.05) is 0 Å². The second-order valence-electron chi connectivity index (χ2n) is 3.65. The van der Waals surface area contributed by atoms with Crippen LogP contribution in [-0.2, 0) is 7.05 Å². The molecule has 1 aromatic heterocycles. The zero-order valence-corrected chi connectivity index (χ0v) is 8.78. The van der Waals surface area contributed by atoms with Gasteiger partial charge in [-0.15, -0.1) is 0 Å². The minimum Gasteiger partial charge on any atom is -0.471 e. The van der Waals surface area contributed by atoms with Crippen LogP contribution in [0.5, 0.6) is 5.88 Å². The lowest BCUT2D eigenvalue weighted by atomic mass is 10.2. The van der Waals surface area contributed by atoms with E-state index >= 15 is 0 Å². The Morgan fingerprint density at radius 1 is 1.67 bits per heavy atom. The Kier molecular flexibility index (Phi) is 2.36. The number of aryl methyl sites for hydroxylation is 2. The quantitative estimate of drug-likeness (QED) is 0.682. The number of carbonyl (C=O) groups is 1. The van der Waals surface area contributed by atoms with E-state index in [-0.39, 0.29) is 6.10 Å². The van der Waals surface area contributed by atoms with Crippen LogP contribution in [0.25, 0.3) is 0 Å². The first kappa shape index (κ1) is 9.97. The van der Waals surface area contributed by atoms with Crippen molar-refractivity contribution in [3.63, 3.8) is 0 Å². The Labute approximate surface area is 87.4 Å². The molecule has 1 aliphatic heterocycles. The van der Waals surface area contributed by atoms with Crippen LogP contribution in [-0.4, -0.2) is 34.9 Å². The number of hydrogen-bond donors (Lipinski definition) is 2. The van der Waals surface area contributed by atoms with Crippen LogP contribution in [0.1, 0.15) is 16.1 Å². The van der Waals surface area contributed by atoms with Gasteiger partial charge in [-0.3, -0.25) is 4.79 Å². The Hall–Kier alpha value is -1.56. The first-order valence-corrected chi connectivity index (χ1v) is 4.80. The highest BCUT2D eigenvalue weighted by Crippen LogP contribution is 2.22. The van der Waals surface area contributed by atoms with Crippen molar-refractivity contribution in [1.29, 1.82) is 0 Å². The number of carbonyl (C=O) groups excluding carboxylic acids is 1. The van der Waals surface area contributed by atoms with E-state index in [2.05, 4.69) is 10.4 Å². The van der Waals surface area contributed by atoms with Gasteiger partial charge in [0.15, 0.2) is 0 Å². The molecule has 1 fully saturated rings. The van der Waals surface area contributed by atoms with Crippen molar-refractivity contribution in [1.82, 2.24) is 15.1 Å². The maximum Gasteiger partial charge on any atom is 0.256 e. The molecule has 0 spiro atoms. The smallest absolute Gasteiger partial charge is 0.256 e. The monoisotopic (exact) mass is 210 g/mol. The number of primary amides is 1. The first-order valence-electron chi connectivity index (χ1n) is 4.80. The highest BCUT2D eigenvalue weighted by Gasteiger charge is 2.25. The van der Waals surface area contributed by atoms with Gasteiger partial charge in [0.25, 0.3) is 5.91 Å². The third-order valence-corrected chi connectivity index (χ3v) is 2.44. The molecule has 2 rings (SSSR count). The lowest BCUT2D eigenvalue weighted by molar-refractivity contribution is 0.0978. The Morgan fingerprint density at radius 3 is 2.80 bits per heavy atom. The van der Waals surface area contributed by atoms with E-state index in [1.54, 1.807) is 18.7 Å². The van der Waals surface area contributed by atoms with Crippen LogP contribution in [0.3, 0.4) is 0 Å². The largest absolute Gasteiger partial charge is 0.471 e. The average Bonchev–Trinajstić information content (AvgIpc) is 2.33. The molecule has 0 saturated carbocycles. The summed E-state index contributed by atoms with van der Waals surface area (Å²) in [6, 6.07) is 0. The molecule has 3 N–H and O–H groups in total. The van der Waals surface area contributed by atoms with Gasteiger partial charge in [0.2, 0.25) is 5.88 Å². The molecule has 0 radical (unpaired) electrons. The fourth-order valence-corrected chi connectivity index (χ4v) is 1.56. The number of aromatic nitrogens is 2. The lowest BCUT2D eigenvalue weighted by Gasteiger charge is -2.27. The minimum absolute atomic E-state index is 0.109. The lowest BCUT2D eigenvalue weighted by Crippen LogP contribution is -2.50. The number of rotatable bonds is 3. The minimum atomic E-state index is -0.497. The SMILES string of the molecule is Cc1nn(C)c(OC2CNC2)c1C(N)=O. The summed E-state index contributed by atoms with van der Waals surface area (Å²) in [5.41, 5.74) is 6.26. The topological polar surface area (TPSA) is 82.2 Å². The third kappa shape index (κ3) is 1.68. The Balaban J connectivity index is 2.30. The van der Waals surface area contributed by atoms with Crippen LogP contribution < -0.4 is 15.8 Å². The van der Waals surface area contributed by atoms with Gasteiger partial charge in [0.05, 0.1) is 5.69 Å². The number of ether oxygens (including phenoxy) is 1. The number of nitrogens with one attached hydrogen (secondary N) is 1. The molecule has 1 amide bonds. The summed E-state index contributed by atoms with van der Waals surface area (Å²) < 4.78 is 7.18. The summed E-state index contributed by atoms with van der Waals surface area (Å²) in [5, 5.41) is 7.20. The summed E-state index contributed by atoms with van der Waals surface area (Å²) in [7, 11) is 1.74. The summed E-state index contributed by atoms with van der Waals surface area (Å²) in [4.78, 5) is 11.2. The van der Waals surface area contributed by atoms with E-state index in [0.717, 1.165) is 13.1 Å². The van der Waals surface area contributed by atoms with Crippen molar-refractivity contribution in [2.45, 2.75) is 13.0 Å². The van der Waals surface area contributed by atoms with E-state index < -0.39 is 5.91 Å². The molecule has 1 aliphatic rings. The molecular weight excluding hydrogens is 196 g/mol. The van der Waals surface area contributed by atoms with E-state index in [0.29, 0.717) is 17.1 Å². The molecule has 1 saturated heterocycles. The van der Waals surface area contributed by atoms with Crippen molar-refractivity contribution < 1.29 is 9.53 Å². The summed E-state index contributed by atoms with van der Waals surface area (Å²) in [6.45, 7) is 3.33. The molecule has 0 aliphatic carbocycles. The van der Waals surface area contributed by atoms with Gasteiger partial charge in [0.1, 0.15) is 11.7 Å². The van der Waals surface area contributed by atoms with Crippen LogP contribution in [0.4, 0.5) is 0 Å². The second kappa shape index (κ2) is 3.54. The molecular formula is C9H14N4O2. The maximum absolute atomic E-state index is 11.2. The highest BCUT2D eigenvalue weighted by atomic mass is 16.5. The first-order chi connectivity index (χ1) is 7.09. The zero-order valence-electron chi connectivity index (χ0n) is 8.78. The summed E-state index contributed by atoms with van der Waals surface area (Å²) >= 11 is 0. The molecule has 15 heavy (non-hydrogen) atoms. The maximum atomic E-state index is 11.2. The van der Waals surface area contributed by atoms with Gasteiger partial charge in [-0.2, -0.15) is 5.10 Å². The van der Waals surface area contributed by atoms with Crippen molar-refractivity contribution in [2.75, 3.05) is 13.1 Å². The standard InChI is InChI=1S/C9H14N4O2/c1-5-7(8(10)14)9(13(2)12-5)15-6-3-11-4-6/h6,11H,3-4H2,1-2H3,(H2,10,14). The molecule has 6 nitrogen and oxygen atoms in total. The van der Waals surface area contributed by atoms with E-state index in [1.807, 2.05) is 0 Å². The number of nitrogens with zero attached hydrogens (tertiary/aromatic N) is 2. The van der Waals surface area contributed by atoms with Crippen LogP contribution in [0.2, 0.25) is 0 Å². The van der Waals surface area contributed by atoms with Gasteiger partial charge < -0.3 is 15.8 Å². The second-order valence-corrected chi connectivity index (χ2v) is 3.65. The fraction of sp³-hybridized carbons (Fsp3) is 0.556. The van der Waals surface area contributed by atoms with E-state index in [4.69, 9.17) is 10.5 Å². The Morgan fingerprint density at radius 2 is 2.33 bits per heavy atom. The van der Waals surface area contributed by atoms with Crippen molar-refractivity contribution in [2.24, 2.45) is 12.8 Å². The molecule has 0 unspecified atom stereocenters. The van der Waals surface area contributed by atoms with Gasteiger partial charge >= 0.3 is 0 Å².